The van der Waals surface area contributed by atoms with Crippen LogP contribution in [0.4, 0.5) is 10.5 Å². The number of para-hydroxylation sites is 1. The molecule has 0 spiro atoms. The summed E-state index contributed by atoms with van der Waals surface area (Å²) >= 11 is 0. The van der Waals surface area contributed by atoms with Crippen LogP contribution in [0.1, 0.15) is 32.4 Å². The van der Waals surface area contributed by atoms with E-state index in [0.29, 0.717) is 30.4 Å². The number of carbonyl (C=O) groups is 2. The number of carbonyl (C=O) groups excluding carboxylic acids is 2. The fraction of sp³-hybridized carbons (Fsp3) is 0.364. The molecule has 7 heteroatoms. The number of hydrogen-bond acceptors (Lipinski definition) is 4. The van der Waals surface area contributed by atoms with Gasteiger partial charge in [-0.1, -0.05) is 38.1 Å². The third-order valence-electron chi connectivity index (χ3n) is 4.69. The number of nitrogens with one attached hydrogen (secondary N) is 3. The lowest BCUT2D eigenvalue weighted by molar-refractivity contribution is -0.124. The number of anilines is 1. The number of amides is 3. The predicted molar refractivity (Wildman–Crippen MR) is 111 cm³/mol. The molecule has 0 fully saturated rings. The molecule has 0 saturated heterocycles. The van der Waals surface area contributed by atoms with Crippen LogP contribution in [0.25, 0.3) is 0 Å². The van der Waals surface area contributed by atoms with Gasteiger partial charge in [0.05, 0.1) is 6.04 Å². The first-order valence-electron chi connectivity index (χ1n) is 9.76. The molecule has 3 rings (SSSR count). The van der Waals surface area contributed by atoms with E-state index in [4.69, 9.17) is 9.47 Å². The molecule has 29 heavy (non-hydrogen) atoms. The molecular formula is C22H27N3O4. The Morgan fingerprint density at radius 1 is 0.897 bits per heavy atom. The van der Waals surface area contributed by atoms with Crippen LogP contribution in [0.3, 0.4) is 0 Å². The van der Waals surface area contributed by atoms with Crippen LogP contribution in [0.2, 0.25) is 0 Å². The van der Waals surface area contributed by atoms with Crippen LogP contribution >= 0.6 is 0 Å². The molecule has 0 radical (unpaired) electrons. The van der Waals surface area contributed by atoms with Gasteiger partial charge in [0.1, 0.15) is 19.3 Å². The van der Waals surface area contributed by atoms with Crippen LogP contribution in [-0.4, -0.2) is 31.2 Å². The van der Waals surface area contributed by atoms with Gasteiger partial charge in [-0.15, -0.1) is 0 Å². The SMILES string of the molecule is CC(NC(=O)C(NC(=O)Nc1ccccc1)C(C)C)c1ccc2c(c1)OCCO2. The zero-order valence-electron chi connectivity index (χ0n) is 16.9. The average Bonchev–Trinajstić information content (AvgIpc) is 2.72. The molecule has 1 aliphatic heterocycles. The molecule has 2 atom stereocenters. The van der Waals surface area contributed by atoms with Gasteiger partial charge < -0.3 is 25.4 Å². The second kappa shape index (κ2) is 9.32. The summed E-state index contributed by atoms with van der Waals surface area (Å²) in [7, 11) is 0. The summed E-state index contributed by atoms with van der Waals surface area (Å²) in [5.74, 6) is 1.06. The lowest BCUT2D eigenvalue weighted by atomic mass is 10.0. The van der Waals surface area contributed by atoms with Crippen LogP contribution < -0.4 is 25.4 Å². The van der Waals surface area contributed by atoms with Crippen molar-refractivity contribution < 1.29 is 19.1 Å². The van der Waals surface area contributed by atoms with Gasteiger partial charge in [0, 0.05) is 5.69 Å². The Morgan fingerprint density at radius 3 is 2.28 bits per heavy atom. The largest absolute Gasteiger partial charge is 0.486 e. The van der Waals surface area contributed by atoms with E-state index in [-0.39, 0.29) is 17.9 Å². The predicted octanol–water partition coefficient (Wildman–Crippen LogP) is 3.48. The second-order valence-corrected chi connectivity index (χ2v) is 7.32. The summed E-state index contributed by atoms with van der Waals surface area (Å²) in [5.41, 5.74) is 1.57. The van der Waals surface area contributed by atoms with Gasteiger partial charge in [-0.3, -0.25) is 4.79 Å². The number of rotatable bonds is 6. The van der Waals surface area contributed by atoms with Gasteiger partial charge >= 0.3 is 6.03 Å². The van der Waals surface area contributed by atoms with Crippen molar-refractivity contribution >= 4 is 17.6 Å². The Morgan fingerprint density at radius 2 is 1.59 bits per heavy atom. The summed E-state index contributed by atoms with van der Waals surface area (Å²) in [4.78, 5) is 25.2. The van der Waals surface area contributed by atoms with E-state index >= 15 is 0 Å². The Bertz CT molecular complexity index is 854. The summed E-state index contributed by atoms with van der Waals surface area (Å²) in [5, 5.41) is 8.48. The Balaban J connectivity index is 1.62. The van der Waals surface area contributed by atoms with E-state index in [1.807, 2.05) is 57.2 Å². The average molecular weight is 397 g/mol. The quantitative estimate of drug-likeness (QED) is 0.696. The van der Waals surface area contributed by atoms with Gasteiger partial charge in [-0.2, -0.15) is 0 Å². The maximum Gasteiger partial charge on any atom is 0.319 e. The first-order chi connectivity index (χ1) is 13.9. The molecule has 1 aliphatic rings. The minimum Gasteiger partial charge on any atom is -0.486 e. The van der Waals surface area contributed by atoms with E-state index < -0.39 is 12.1 Å². The molecule has 3 amide bonds. The maximum absolute atomic E-state index is 12.8. The molecule has 0 aromatic heterocycles. The molecule has 7 nitrogen and oxygen atoms in total. The van der Waals surface area contributed by atoms with Crippen molar-refractivity contribution in [2.75, 3.05) is 18.5 Å². The van der Waals surface area contributed by atoms with Crippen molar-refractivity contribution in [3.8, 4) is 11.5 Å². The fourth-order valence-corrected chi connectivity index (χ4v) is 3.08. The Labute approximate surface area is 170 Å². The summed E-state index contributed by atoms with van der Waals surface area (Å²) in [6, 6.07) is 13.4. The van der Waals surface area contributed by atoms with Crippen molar-refractivity contribution in [1.82, 2.24) is 10.6 Å². The number of urea groups is 1. The molecule has 0 aliphatic carbocycles. The van der Waals surface area contributed by atoms with E-state index in [1.165, 1.54) is 0 Å². The third-order valence-corrected chi connectivity index (χ3v) is 4.69. The van der Waals surface area contributed by atoms with Crippen molar-refractivity contribution in [2.45, 2.75) is 32.9 Å². The Hall–Kier alpha value is -3.22. The molecule has 3 N–H and O–H groups in total. The van der Waals surface area contributed by atoms with Crippen molar-refractivity contribution in [3.05, 3.63) is 54.1 Å². The molecule has 154 valence electrons. The van der Waals surface area contributed by atoms with E-state index in [9.17, 15) is 9.59 Å². The Kier molecular flexibility index (Phi) is 6.59. The number of fused-ring (bicyclic) bond motifs is 1. The lowest BCUT2D eigenvalue weighted by Gasteiger charge is -2.25. The minimum atomic E-state index is -0.668. The normalized spacial score (nSPS) is 14.6. The molecule has 1 heterocycles. The molecule has 0 saturated carbocycles. The summed E-state index contributed by atoms with van der Waals surface area (Å²) in [6.45, 7) is 6.72. The maximum atomic E-state index is 12.8. The van der Waals surface area contributed by atoms with Crippen LogP contribution in [0, 0.1) is 5.92 Å². The highest BCUT2D eigenvalue weighted by Gasteiger charge is 2.26. The zero-order valence-corrected chi connectivity index (χ0v) is 16.9. The third kappa shape index (κ3) is 5.40. The molecule has 0 bridgehead atoms. The highest BCUT2D eigenvalue weighted by molar-refractivity contribution is 5.93. The number of benzene rings is 2. The van der Waals surface area contributed by atoms with Gasteiger partial charge in [-0.05, 0) is 42.7 Å². The number of hydrogen-bond donors (Lipinski definition) is 3. The van der Waals surface area contributed by atoms with Crippen LogP contribution in [0.5, 0.6) is 11.5 Å². The zero-order chi connectivity index (χ0) is 20.8. The molecule has 2 unspecified atom stereocenters. The smallest absolute Gasteiger partial charge is 0.319 e. The minimum absolute atomic E-state index is 0.0796. The fourth-order valence-electron chi connectivity index (χ4n) is 3.08. The molecule has 2 aromatic rings. The topological polar surface area (TPSA) is 88.7 Å². The van der Waals surface area contributed by atoms with E-state index in [2.05, 4.69) is 16.0 Å². The molecular weight excluding hydrogens is 370 g/mol. The van der Waals surface area contributed by atoms with Gasteiger partial charge in [0.25, 0.3) is 0 Å². The first kappa shape index (κ1) is 20.5. The summed E-state index contributed by atoms with van der Waals surface area (Å²) < 4.78 is 11.1. The van der Waals surface area contributed by atoms with Crippen molar-refractivity contribution in [1.29, 1.82) is 0 Å². The van der Waals surface area contributed by atoms with Gasteiger partial charge in [-0.25, -0.2) is 4.79 Å². The summed E-state index contributed by atoms with van der Waals surface area (Å²) in [6.07, 6.45) is 0. The monoisotopic (exact) mass is 397 g/mol. The first-order valence-corrected chi connectivity index (χ1v) is 9.76. The molecule has 2 aromatic carbocycles. The second-order valence-electron chi connectivity index (χ2n) is 7.32. The van der Waals surface area contributed by atoms with E-state index in [0.717, 1.165) is 5.56 Å². The van der Waals surface area contributed by atoms with Crippen molar-refractivity contribution in [2.24, 2.45) is 5.92 Å². The highest BCUT2D eigenvalue weighted by atomic mass is 16.6. The standard InChI is InChI=1S/C22H27N3O4/c1-14(2)20(25-22(27)24-17-7-5-4-6-8-17)21(26)23-15(3)16-9-10-18-19(13-16)29-12-11-28-18/h4-10,13-15,20H,11-12H2,1-3H3,(H,23,26)(H2,24,25,27). The number of ether oxygens (including phenoxy) is 2. The van der Waals surface area contributed by atoms with Gasteiger partial charge in [0.15, 0.2) is 11.5 Å². The van der Waals surface area contributed by atoms with Crippen molar-refractivity contribution in [3.63, 3.8) is 0 Å². The van der Waals surface area contributed by atoms with E-state index in [1.54, 1.807) is 12.1 Å². The van der Waals surface area contributed by atoms with Crippen LogP contribution in [0.15, 0.2) is 48.5 Å². The lowest BCUT2D eigenvalue weighted by Crippen LogP contribution is -2.51. The van der Waals surface area contributed by atoms with Crippen LogP contribution in [-0.2, 0) is 4.79 Å². The highest BCUT2D eigenvalue weighted by Crippen LogP contribution is 2.32. The van der Waals surface area contributed by atoms with Gasteiger partial charge in [0.2, 0.25) is 5.91 Å².